The van der Waals surface area contributed by atoms with Gasteiger partial charge in [0.15, 0.2) is 0 Å². The summed E-state index contributed by atoms with van der Waals surface area (Å²) in [5.41, 5.74) is 5.65. The average Bonchev–Trinajstić information content (AvgIpc) is 2.61. The molecule has 0 spiro atoms. The molecule has 0 radical (unpaired) electrons. The lowest BCUT2D eigenvalue weighted by atomic mass is 10.2. The minimum atomic E-state index is 0.709. The van der Waals surface area contributed by atoms with Crippen molar-refractivity contribution >= 4 is 33.8 Å². The normalized spacial score (nSPS) is 11.3. The second-order valence-electron chi connectivity index (χ2n) is 5.19. The van der Waals surface area contributed by atoms with Crippen LogP contribution in [0.1, 0.15) is 5.69 Å². The number of fused-ring (bicyclic) bond motifs is 2. The molecule has 110 valence electrons. The van der Waals surface area contributed by atoms with Gasteiger partial charge in [0, 0.05) is 10.8 Å². The summed E-state index contributed by atoms with van der Waals surface area (Å²) >= 11 is 0. The third kappa shape index (κ3) is 2.87. The first-order valence-electron chi connectivity index (χ1n) is 7.39. The molecule has 2 aromatic heterocycles. The first kappa shape index (κ1) is 13.4. The molecule has 4 aromatic rings. The Labute approximate surface area is 133 Å². The van der Waals surface area contributed by atoms with Gasteiger partial charge in [-0.25, -0.2) is 9.97 Å². The molecule has 1 N–H and O–H groups in total. The zero-order valence-corrected chi connectivity index (χ0v) is 12.3. The second kappa shape index (κ2) is 5.85. The molecule has 0 bridgehead atoms. The van der Waals surface area contributed by atoms with Crippen molar-refractivity contribution in [2.75, 3.05) is 5.43 Å². The summed E-state index contributed by atoms with van der Waals surface area (Å²) in [7, 11) is 0. The fraction of sp³-hybridized carbons (Fsp3) is 0. The van der Waals surface area contributed by atoms with E-state index in [9.17, 15) is 0 Å². The maximum absolute atomic E-state index is 4.55. The summed E-state index contributed by atoms with van der Waals surface area (Å²) in [6, 6.07) is 23.9. The van der Waals surface area contributed by atoms with Crippen LogP contribution in [-0.2, 0) is 0 Å². The maximum Gasteiger partial charge on any atom is 0.146 e. The maximum atomic E-state index is 4.55. The van der Waals surface area contributed by atoms with Crippen molar-refractivity contribution < 1.29 is 0 Å². The molecule has 0 fully saturated rings. The molecular weight excluding hydrogens is 284 g/mol. The van der Waals surface area contributed by atoms with Gasteiger partial charge in [0.25, 0.3) is 0 Å². The zero-order chi connectivity index (χ0) is 15.5. The Morgan fingerprint density at radius 3 is 2.13 bits per heavy atom. The Morgan fingerprint density at radius 1 is 0.696 bits per heavy atom. The van der Waals surface area contributed by atoms with Gasteiger partial charge in [0.2, 0.25) is 0 Å². The number of rotatable bonds is 3. The molecule has 0 saturated heterocycles. The van der Waals surface area contributed by atoms with Crippen LogP contribution >= 0.6 is 0 Å². The average molecular weight is 298 g/mol. The standard InChI is InChI=1S/C19H14N4/c1-3-7-17-14(5-1)9-11-16(21-17)13-20-23-19-12-10-15-6-2-4-8-18(15)22-19/h1-13H,(H,22,23)/b20-13-. The van der Waals surface area contributed by atoms with E-state index in [4.69, 9.17) is 0 Å². The molecule has 0 atom stereocenters. The van der Waals surface area contributed by atoms with Crippen LogP contribution in [-0.4, -0.2) is 16.2 Å². The van der Waals surface area contributed by atoms with Crippen LogP contribution in [0.3, 0.4) is 0 Å². The fourth-order valence-corrected chi connectivity index (χ4v) is 2.45. The number of pyridine rings is 2. The SMILES string of the molecule is C(=N/Nc1ccc2ccccc2n1)/c1ccc2ccccc2n1. The third-order valence-electron chi connectivity index (χ3n) is 3.59. The lowest BCUT2D eigenvalue weighted by Gasteiger charge is -2.02. The van der Waals surface area contributed by atoms with E-state index < -0.39 is 0 Å². The van der Waals surface area contributed by atoms with Gasteiger partial charge >= 0.3 is 0 Å². The third-order valence-corrected chi connectivity index (χ3v) is 3.59. The van der Waals surface area contributed by atoms with Crippen LogP contribution in [0.2, 0.25) is 0 Å². The van der Waals surface area contributed by atoms with E-state index in [1.165, 1.54) is 0 Å². The molecule has 0 aliphatic rings. The van der Waals surface area contributed by atoms with Gasteiger partial charge in [-0.1, -0.05) is 42.5 Å². The summed E-state index contributed by atoms with van der Waals surface area (Å²) in [6.07, 6.45) is 1.70. The number of hydrogen-bond donors (Lipinski definition) is 1. The van der Waals surface area contributed by atoms with E-state index in [1.807, 2.05) is 72.8 Å². The Bertz CT molecular complexity index is 1010. The highest BCUT2D eigenvalue weighted by molar-refractivity contribution is 5.85. The van der Waals surface area contributed by atoms with Crippen LogP contribution in [0.5, 0.6) is 0 Å². The topological polar surface area (TPSA) is 50.2 Å². The van der Waals surface area contributed by atoms with E-state index in [0.29, 0.717) is 5.82 Å². The number of anilines is 1. The van der Waals surface area contributed by atoms with E-state index >= 15 is 0 Å². The van der Waals surface area contributed by atoms with Crippen molar-refractivity contribution in [3.63, 3.8) is 0 Å². The monoisotopic (exact) mass is 298 g/mol. The lowest BCUT2D eigenvalue weighted by molar-refractivity contribution is 1.26. The lowest BCUT2D eigenvalue weighted by Crippen LogP contribution is -1.95. The van der Waals surface area contributed by atoms with Crippen molar-refractivity contribution in [3.05, 3.63) is 78.5 Å². The first-order valence-corrected chi connectivity index (χ1v) is 7.39. The van der Waals surface area contributed by atoms with Crippen LogP contribution in [0, 0.1) is 0 Å². The molecule has 0 amide bonds. The smallest absolute Gasteiger partial charge is 0.146 e. The van der Waals surface area contributed by atoms with Crippen molar-refractivity contribution in [2.24, 2.45) is 5.10 Å². The molecule has 2 aromatic carbocycles. The summed E-state index contributed by atoms with van der Waals surface area (Å²) < 4.78 is 0. The molecule has 0 aliphatic heterocycles. The summed E-state index contributed by atoms with van der Waals surface area (Å²) in [5, 5.41) is 6.45. The van der Waals surface area contributed by atoms with Gasteiger partial charge in [-0.15, -0.1) is 0 Å². The number of hydrogen-bond acceptors (Lipinski definition) is 4. The van der Waals surface area contributed by atoms with Crippen molar-refractivity contribution in [1.82, 2.24) is 9.97 Å². The Kier molecular flexibility index (Phi) is 3.41. The molecule has 2 heterocycles. The predicted molar refractivity (Wildman–Crippen MR) is 94.7 cm³/mol. The molecular formula is C19H14N4. The van der Waals surface area contributed by atoms with E-state index in [0.717, 1.165) is 27.5 Å². The van der Waals surface area contributed by atoms with Gasteiger partial charge < -0.3 is 0 Å². The molecule has 23 heavy (non-hydrogen) atoms. The largest absolute Gasteiger partial charge is 0.261 e. The van der Waals surface area contributed by atoms with Crippen LogP contribution in [0.25, 0.3) is 21.8 Å². The molecule has 4 rings (SSSR count). The minimum absolute atomic E-state index is 0.709. The number of benzene rings is 2. The van der Waals surface area contributed by atoms with Crippen molar-refractivity contribution in [2.45, 2.75) is 0 Å². The molecule has 0 unspecified atom stereocenters. The number of aromatic nitrogens is 2. The molecule has 4 heteroatoms. The van der Waals surface area contributed by atoms with Crippen LogP contribution in [0.4, 0.5) is 5.82 Å². The Balaban J connectivity index is 1.55. The van der Waals surface area contributed by atoms with Crippen molar-refractivity contribution in [3.8, 4) is 0 Å². The first-order chi connectivity index (χ1) is 11.4. The van der Waals surface area contributed by atoms with Crippen molar-refractivity contribution in [1.29, 1.82) is 0 Å². The Morgan fingerprint density at radius 2 is 1.35 bits per heavy atom. The Hall–Kier alpha value is -3.27. The number of nitrogens with zero attached hydrogens (tertiary/aromatic N) is 3. The summed E-state index contributed by atoms with van der Waals surface area (Å²) in [4.78, 5) is 9.06. The molecule has 0 saturated carbocycles. The van der Waals surface area contributed by atoms with Gasteiger partial charge in [-0.3, -0.25) is 5.43 Å². The highest BCUT2D eigenvalue weighted by Gasteiger charge is 1.97. The summed E-state index contributed by atoms with van der Waals surface area (Å²) in [6.45, 7) is 0. The highest BCUT2D eigenvalue weighted by Crippen LogP contribution is 2.14. The van der Waals surface area contributed by atoms with Crippen LogP contribution < -0.4 is 5.43 Å². The van der Waals surface area contributed by atoms with Gasteiger partial charge in [0.1, 0.15) is 5.82 Å². The highest BCUT2D eigenvalue weighted by atomic mass is 15.3. The molecule has 4 nitrogen and oxygen atoms in total. The number of para-hydroxylation sites is 2. The molecule has 0 aliphatic carbocycles. The van der Waals surface area contributed by atoms with E-state index in [-0.39, 0.29) is 0 Å². The zero-order valence-electron chi connectivity index (χ0n) is 12.3. The number of hydrazone groups is 1. The second-order valence-corrected chi connectivity index (χ2v) is 5.19. The predicted octanol–water partition coefficient (Wildman–Crippen LogP) is 4.23. The van der Waals surface area contributed by atoms with Gasteiger partial charge in [0.05, 0.1) is 22.9 Å². The van der Waals surface area contributed by atoms with E-state index in [1.54, 1.807) is 6.21 Å². The number of nitrogens with one attached hydrogen (secondary N) is 1. The quantitative estimate of drug-likeness (QED) is 0.455. The minimum Gasteiger partial charge on any atom is -0.261 e. The van der Waals surface area contributed by atoms with Crippen LogP contribution in [0.15, 0.2) is 77.9 Å². The fourth-order valence-electron chi connectivity index (χ4n) is 2.45. The summed E-state index contributed by atoms with van der Waals surface area (Å²) in [5.74, 6) is 0.709. The van der Waals surface area contributed by atoms with Gasteiger partial charge in [-0.2, -0.15) is 5.10 Å². The van der Waals surface area contributed by atoms with Gasteiger partial charge in [-0.05, 0) is 30.3 Å². The van der Waals surface area contributed by atoms with E-state index in [2.05, 4.69) is 20.5 Å².